The Hall–Kier alpha value is -4.67. The lowest BCUT2D eigenvalue weighted by molar-refractivity contribution is 0.0702. The Labute approximate surface area is 224 Å². The van der Waals surface area contributed by atoms with E-state index in [9.17, 15) is 10.1 Å². The summed E-state index contributed by atoms with van der Waals surface area (Å²) >= 11 is 6.25. The van der Waals surface area contributed by atoms with E-state index in [-0.39, 0.29) is 23.0 Å². The molecule has 0 spiro atoms. The fourth-order valence-corrected chi connectivity index (χ4v) is 4.63. The molecule has 1 aliphatic heterocycles. The molecule has 1 aromatic heterocycles. The largest absolute Gasteiger partial charge is 0.490 e. The smallest absolute Gasteiger partial charge is 0.379 e. The number of rotatable bonds is 6. The molecule has 0 aliphatic carbocycles. The van der Waals surface area contributed by atoms with Crippen molar-refractivity contribution in [2.24, 2.45) is 5.73 Å². The number of aryl methyl sites for hydroxylation is 2. The number of nitrogens with two attached hydrogens (primary N) is 1. The molecule has 4 aromatic rings. The van der Waals surface area contributed by atoms with Gasteiger partial charge in [-0.3, -0.25) is 0 Å². The van der Waals surface area contributed by atoms with Crippen molar-refractivity contribution in [3.63, 3.8) is 0 Å². The number of fused-ring (bicyclic) bond motifs is 2. The number of carbonyl (C=O) groups is 1. The fraction of sp³-hybridized carbons (Fsp3) is 0.133. The van der Waals surface area contributed by atoms with Gasteiger partial charge in [0.05, 0.1) is 5.92 Å². The number of hydrogen-bond acceptors (Lipinski definition) is 7. The van der Waals surface area contributed by atoms with E-state index in [4.69, 9.17) is 36.0 Å². The number of esters is 1. The van der Waals surface area contributed by atoms with Crippen molar-refractivity contribution in [1.82, 2.24) is 0 Å². The van der Waals surface area contributed by atoms with Gasteiger partial charge in [0.1, 0.15) is 41.1 Å². The monoisotopic (exact) mass is 526 g/mol. The Morgan fingerprint density at radius 1 is 1.18 bits per heavy atom. The zero-order valence-electron chi connectivity index (χ0n) is 20.7. The molecular weight excluding hydrogens is 504 g/mol. The second-order valence-electron chi connectivity index (χ2n) is 8.84. The third-order valence-electron chi connectivity index (χ3n) is 6.36. The molecule has 5 rings (SSSR count). The van der Waals surface area contributed by atoms with Gasteiger partial charge in [-0.25, -0.2) is 4.79 Å². The highest BCUT2D eigenvalue weighted by atomic mass is 35.5. The Bertz CT molecular complexity index is 1680. The van der Waals surface area contributed by atoms with Gasteiger partial charge in [-0.15, -0.1) is 0 Å². The first-order valence-corrected chi connectivity index (χ1v) is 12.1. The highest BCUT2D eigenvalue weighted by Crippen LogP contribution is 2.44. The third-order valence-corrected chi connectivity index (χ3v) is 6.77. The minimum Gasteiger partial charge on any atom is -0.490 e. The van der Waals surface area contributed by atoms with Gasteiger partial charge in [0.15, 0.2) is 0 Å². The molecule has 38 heavy (non-hydrogen) atoms. The Morgan fingerprint density at radius 2 is 2.00 bits per heavy atom. The summed E-state index contributed by atoms with van der Waals surface area (Å²) in [5, 5.41) is 11.2. The predicted molar refractivity (Wildman–Crippen MR) is 144 cm³/mol. The summed E-state index contributed by atoms with van der Waals surface area (Å²) in [6.45, 7) is 7.65. The zero-order chi connectivity index (χ0) is 27.0. The SMILES string of the molecule is C=CCOc1cccc(C2C(C#N)=C(N)Oc3cc(OC(=O)c4oc5cc(C)c(Cl)cc5c4C)ccc32)c1. The van der Waals surface area contributed by atoms with Crippen LogP contribution < -0.4 is 19.9 Å². The van der Waals surface area contributed by atoms with Crippen LogP contribution in [0.5, 0.6) is 17.2 Å². The first kappa shape index (κ1) is 25.0. The van der Waals surface area contributed by atoms with Gasteiger partial charge < -0.3 is 24.4 Å². The molecule has 7 nitrogen and oxygen atoms in total. The van der Waals surface area contributed by atoms with Crippen LogP contribution in [-0.4, -0.2) is 12.6 Å². The number of nitrogens with zero attached hydrogens (tertiary/aromatic N) is 1. The van der Waals surface area contributed by atoms with Crippen LogP contribution in [0.1, 0.15) is 38.7 Å². The summed E-state index contributed by atoms with van der Waals surface area (Å²) in [6, 6.07) is 18.1. The molecule has 8 heteroatoms. The highest BCUT2D eigenvalue weighted by molar-refractivity contribution is 6.32. The Morgan fingerprint density at radius 3 is 2.76 bits per heavy atom. The van der Waals surface area contributed by atoms with Gasteiger partial charge in [-0.2, -0.15) is 5.26 Å². The van der Waals surface area contributed by atoms with Gasteiger partial charge in [0.2, 0.25) is 11.6 Å². The van der Waals surface area contributed by atoms with Crippen molar-refractivity contribution >= 4 is 28.5 Å². The number of allylic oxidation sites excluding steroid dienone is 1. The molecule has 190 valence electrons. The molecular formula is C30H23ClN2O5. The van der Waals surface area contributed by atoms with Crippen LogP contribution in [0.15, 0.2) is 83.1 Å². The van der Waals surface area contributed by atoms with Crippen LogP contribution in [0.2, 0.25) is 5.02 Å². The lowest BCUT2D eigenvalue weighted by Gasteiger charge is -2.27. The van der Waals surface area contributed by atoms with Crippen LogP contribution in [0.4, 0.5) is 0 Å². The first-order chi connectivity index (χ1) is 18.3. The van der Waals surface area contributed by atoms with Crippen molar-refractivity contribution in [1.29, 1.82) is 5.26 Å². The number of carbonyl (C=O) groups excluding carboxylic acids is 1. The molecule has 2 N–H and O–H groups in total. The standard InChI is InChI=1S/C30H23ClN2O5/c1-4-10-35-19-7-5-6-18(12-19)27-21-9-8-20(13-26(21)38-29(33)23(27)15-32)36-30(34)28-17(3)22-14-24(31)16(2)11-25(22)37-28/h4-9,11-14,27H,1,10,33H2,2-3H3. The van der Waals surface area contributed by atoms with Crippen molar-refractivity contribution in [3.8, 4) is 23.3 Å². The molecule has 1 unspecified atom stereocenters. The average Bonchev–Trinajstić information content (AvgIpc) is 3.22. The van der Waals surface area contributed by atoms with Gasteiger partial charge in [0, 0.05) is 27.6 Å². The van der Waals surface area contributed by atoms with Crippen LogP contribution >= 0.6 is 11.6 Å². The van der Waals surface area contributed by atoms with Crippen LogP contribution in [0.25, 0.3) is 11.0 Å². The van der Waals surface area contributed by atoms with Gasteiger partial charge >= 0.3 is 5.97 Å². The van der Waals surface area contributed by atoms with E-state index in [1.165, 1.54) is 0 Å². The lowest BCUT2D eigenvalue weighted by Crippen LogP contribution is -2.21. The number of benzene rings is 3. The number of furan rings is 1. The highest BCUT2D eigenvalue weighted by Gasteiger charge is 2.31. The molecule has 0 fully saturated rings. The summed E-state index contributed by atoms with van der Waals surface area (Å²) in [7, 11) is 0. The number of hydrogen-bond donors (Lipinski definition) is 1. The van der Waals surface area contributed by atoms with Crippen molar-refractivity contribution in [3.05, 3.63) is 112 Å². The summed E-state index contributed by atoms with van der Waals surface area (Å²) in [4.78, 5) is 13.0. The fourth-order valence-electron chi connectivity index (χ4n) is 4.47. The predicted octanol–water partition coefficient (Wildman–Crippen LogP) is 6.71. The third kappa shape index (κ3) is 4.47. The normalized spacial score (nSPS) is 14.4. The van der Waals surface area contributed by atoms with Crippen LogP contribution in [0.3, 0.4) is 0 Å². The number of ether oxygens (including phenoxy) is 3. The minimum absolute atomic E-state index is 0.0220. The van der Waals surface area contributed by atoms with E-state index in [0.29, 0.717) is 39.8 Å². The summed E-state index contributed by atoms with van der Waals surface area (Å²) in [6.07, 6.45) is 1.65. The molecule has 0 radical (unpaired) electrons. The van der Waals surface area contributed by atoms with E-state index in [0.717, 1.165) is 16.5 Å². The van der Waals surface area contributed by atoms with Gasteiger partial charge in [-0.05, 0) is 55.3 Å². The average molecular weight is 527 g/mol. The quantitative estimate of drug-likeness (QED) is 0.169. The van der Waals surface area contributed by atoms with Crippen LogP contribution in [0, 0.1) is 25.2 Å². The molecule has 0 saturated heterocycles. The van der Waals surface area contributed by atoms with Gasteiger partial charge in [0.25, 0.3) is 0 Å². The molecule has 0 amide bonds. The molecule has 3 aromatic carbocycles. The van der Waals surface area contributed by atoms with Crippen molar-refractivity contribution in [2.45, 2.75) is 19.8 Å². The Kier molecular flexibility index (Phi) is 6.58. The molecule has 0 bridgehead atoms. The van der Waals surface area contributed by atoms with E-state index >= 15 is 0 Å². The maximum Gasteiger partial charge on any atom is 0.379 e. The molecule has 1 atom stereocenters. The maximum atomic E-state index is 13.0. The maximum absolute atomic E-state index is 13.0. The molecule has 0 saturated carbocycles. The zero-order valence-corrected chi connectivity index (χ0v) is 21.5. The number of nitriles is 1. The Balaban J connectivity index is 1.47. The minimum atomic E-state index is -0.659. The summed E-state index contributed by atoms with van der Waals surface area (Å²) < 4.78 is 22.9. The molecule has 1 aliphatic rings. The lowest BCUT2D eigenvalue weighted by atomic mass is 9.83. The van der Waals surface area contributed by atoms with E-state index in [2.05, 4.69) is 12.6 Å². The van der Waals surface area contributed by atoms with E-state index in [1.807, 2.05) is 31.2 Å². The summed E-state index contributed by atoms with van der Waals surface area (Å²) in [5.74, 6) is 0.150. The van der Waals surface area contributed by atoms with Crippen LogP contribution in [-0.2, 0) is 0 Å². The van der Waals surface area contributed by atoms with E-state index in [1.54, 1.807) is 43.3 Å². The number of halogens is 1. The second kappa shape index (κ2) is 10.0. The van der Waals surface area contributed by atoms with Crippen molar-refractivity contribution in [2.75, 3.05) is 6.61 Å². The molecule has 2 heterocycles. The topological polar surface area (TPSA) is 108 Å². The summed E-state index contributed by atoms with van der Waals surface area (Å²) in [5.41, 5.74) is 9.93. The van der Waals surface area contributed by atoms with Crippen molar-refractivity contribution < 1.29 is 23.4 Å². The van der Waals surface area contributed by atoms with Gasteiger partial charge in [-0.1, -0.05) is 42.5 Å². The van der Waals surface area contributed by atoms with E-state index < -0.39 is 11.9 Å². The first-order valence-electron chi connectivity index (χ1n) is 11.8. The second-order valence-corrected chi connectivity index (χ2v) is 9.25.